The molecule has 0 unspecified atom stereocenters. The van der Waals surface area contributed by atoms with Crippen molar-refractivity contribution in [2.24, 2.45) is 10.1 Å². The van der Waals surface area contributed by atoms with Crippen LogP contribution >= 0.6 is 0 Å². The van der Waals surface area contributed by atoms with E-state index in [4.69, 9.17) is 28.4 Å². The van der Waals surface area contributed by atoms with Gasteiger partial charge in [0.15, 0.2) is 29.7 Å². The highest BCUT2D eigenvalue weighted by molar-refractivity contribution is 5.98. The molecular formula is C37H43N5O9. The molecule has 0 saturated carbocycles. The smallest absolute Gasteiger partial charge is 0.335 e. The quantitative estimate of drug-likeness (QED) is 0.0858. The number of aliphatic imine (C=N–C) groups is 1. The summed E-state index contributed by atoms with van der Waals surface area (Å²) in [5.74, 6) is -0.661. The van der Waals surface area contributed by atoms with Crippen LogP contribution in [0.15, 0.2) is 82.9 Å². The first-order valence-corrected chi connectivity index (χ1v) is 16.3. The van der Waals surface area contributed by atoms with Crippen molar-refractivity contribution in [2.75, 3.05) is 20.8 Å². The van der Waals surface area contributed by atoms with Crippen molar-refractivity contribution >= 4 is 23.7 Å². The fourth-order valence-electron chi connectivity index (χ4n) is 5.18. The molecule has 4 rings (SSSR count). The highest BCUT2D eigenvalue weighted by Gasteiger charge is 2.42. The minimum absolute atomic E-state index is 0.177. The van der Waals surface area contributed by atoms with Crippen LogP contribution in [0.5, 0.6) is 17.2 Å². The second-order valence-corrected chi connectivity index (χ2v) is 12.8. The Balaban J connectivity index is 1.70. The van der Waals surface area contributed by atoms with E-state index in [-0.39, 0.29) is 24.7 Å². The van der Waals surface area contributed by atoms with E-state index in [1.54, 1.807) is 84.2 Å². The molecule has 0 saturated heterocycles. The minimum atomic E-state index is -1.45. The number of nitrogens with zero attached hydrogens (tertiary/aromatic N) is 4. The summed E-state index contributed by atoms with van der Waals surface area (Å²) in [7, 11) is 2.83. The van der Waals surface area contributed by atoms with E-state index in [2.05, 4.69) is 20.3 Å². The SMILES string of the molecule is CC[C@@](C)(Oc1cc([C@H]2OC(c3ccc(OC)cc3)=N[C@@H]2C(=O)OC)ccc1OCc1ccccc1)[C@@H](N=[N+]=[N-])C(=O)NCC(=O)OC(C)(C)C. The van der Waals surface area contributed by atoms with Crippen LogP contribution in [0.2, 0.25) is 0 Å². The Morgan fingerprint density at radius 1 is 1.00 bits per heavy atom. The molecule has 270 valence electrons. The number of carbonyl (C=O) groups excluding carboxylic acids is 3. The average Bonchev–Trinajstić information content (AvgIpc) is 3.57. The Morgan fingerprint density at radius 3 is 2.31 bits per heavy atom. The number of esters is 2. The van der Waals surface area contributed by atoms with Gasteiger partial charge in [0.2, 0.25) is 11.8 Å². The van der Waals surface area contributed by atoms with Crippen LogP contribution in [0.3, 0.4) is 0 Å². The summed E-state index contributed by atoms with van der Waals surface area (Å²) in [6.07, 6.45) is -0.730. The van der Waals surface area contributed by atoms with Crippen LogP contribution < -0.4 is 19.5 Å². The molecule has 0 radical (unpaired) electrons. The van der Waals surface area contributed by atoms with Gasteiger partial charge in [-0.3, -0.25) is 9.59 Å². The topological polar surface area (TPSA) is 180 Å². The Bertz CT molecular complexity index is 1770. The summed E-state index contributed by atoms with van der Waals surface area (Å²) in [5, 5.41) is 6.28. The third kappa shape index (κ3) is 9.92. The lowest BCUT2D eigenvalue weighted by Gasteiger charge is -2.35. The molecule has 4 atom stereocenters. The Hall–Kier alpha value is -5.75. The van der Waals surface area contributed by atoms with E-state index >= 15 is 0 Å². The van der Waals surface area contributed by atoms with Crippen molar-refractivity contribution in [1.29, 1.82) is 0 Å². The van der Waals surface area contributed by atoms with Crippen LogP contribution in [-0.2, 0) is 35.2 Å². The first kappa shape index (κ1) is 38.1. The van der Waals surface area contributed by atoms with Gasteiger partial charge in [-0.1, -0.05) is 48.4 Å². The van der Waals surface area contributed by atoms with Crippen molar-refractivity contribution in [3.8, 4) is 17.2 Å². The number of hydrogen-bond acceptors (Lipinski definition) is 11. The second-order valence-electron chi connectivity index (χ2n) is 12.8. The van der Waals surface area contributed by atoms with E-state index in [0.717, 1.165) is 5.56 Å². The zero-order valence-corrected chi connectivity index (χ0v) is 29.7. The maximum Gasteiger partial charge on any atom is 0.335 e. The van der Waals surface area contributed by atoms with Crippen molar-refractivity contribution in [2.45, 2.75) is 77.0 Å². The van der Waals surface area contributed by atoms with E-state index in [9.17, 15) is 19.9 Å². The Labute approximate surface area is 296 Å². The molecule has 0 bridgehead atoms. The molecule has 1 N–H and O–H groups in total. The minimum Gasteiger partial charge on any atom is -0.497 e. The standard InChI is InChI=1S/C37H43N5O9/c1-8-37(5,32(41-42-38)33(44)39-21-29(43)51-36(2,3)4)50-28-20-25(16-19-27(28)48-22-23-12-10-9-11-13-23)31-30(35(45)47-7)40-34(49-31)24-14-17-26(46-6)18-15-24/h9-20,30-32H,8,21-22H2,1-7H3,(H,39,44)/t30-,31+,32-,37+/m0/s1. The summed E-state index contributed by atoms with van der Waals surface area (Å²) in [6, 6.07) is 19.1. The Kier molecular flexibility index (Phi) is 12.5. The number of azide groups is 1. The van der Waals surface area contributed by atoms with Gasteiger partial charge in [0.1, 0.15) is 30.1 Å². The maximum atomic E-state index is 13.4. The first-order valence-electron chi connectivity index (χ1n) is 16.3. The molecule has 1 amide bonds. The lowest BCUT2D eigenvalue weighted by molar-refractivity contribution is -0.154. The van der Waals surface area contributed by atoms with Crippen molar-refractivity contribution in [1.82, 2.24) is 5.32 Å². The van der Waals surface area contributed by atoms with Crippen LogP contribution in [0.25, 0.3) is 10.4 Å². The van der Waals surface area contributed by atoms with Crippen molar-refractivity contribution < 1.29 is 42.8 Å². The molecule has 0 fully saturated rings. The van der Waals surface area contributed by atoms with Crippen LogP contribution in [0.1, 0.15) is 63.8 Å². The average molecular weight is 702 g/mol. The van der Waals surface area contributed by atoms with Gasteiger partial charge in [-0.2, -0.15) is 0 Å². The number of carbonyl (C=O) groups is 3. The molecule has 1 heterocycles. The first-order chi connectivity index (χ1) is 24.3. The van der Waals surface area contributed by atoms with Gasteiger partial charge in [-0.25, -0.2) is 9.79 Å². The van der Waals surface area contributed by atoms with E-state index in [0.29, 0.717) is 22.6 Å². The normalized spacial score (nSPS) is 17.0. The fourth-order valence-corrected chi connectivity index (χ4v) is 5.18. The molecule has 0 aliphatic carbocycles. The van der Waals surface area contributed by atoms with E-state index in [1.807, 2.05) is 30.3 Å². The number of amides is 1. The van der Waals surface area contributed by atoms with Crippen molar-refractivity contribution in [3.63, 3.8) is 0 Å². The van der Waals surface area contributed by atoms with Gasteiger partial charge in [0.05, 0.1) is 14.2 Å². The third-order valence-corrected chi connectivity index (χ3v) is 7.96. The highest BCUT2D eigenvalue weighted by Crippen LogP contribution is 2.40. The zero-order chi connectivity index (χ0) is 37.2. The van der Waals surface area contributed by atoms with Gasteiger partial charge < -0.3 is 33.7 Å². The van der Waals surface area contributed by atoms with Crippen LogP contribution in [-0.4, -0.2) is 67.8 Å². The molecule has 14 nitrogen and oxygen atoms in total. The number of ether oxygens (including phenoxy) is 6. The number of rotatable bonds is 15. The number of hydrogen-bond donors (Lipinski definition) is 1. The Morgan fingerprint density at radius 2 is 1.71 bits per heavy atom. The maximum absolute atomic E-state index is 13.4. The molecule has 1 aliphatic heterocycles. The lowest BCUT2D eigenvalue weighted by Crippen LogP contribution is -2.52. The number of methoxy groups -OCH3 is 2. The van der Waals surface area contributed by atoms with Crippen LogP contribution in [0, 0.1) is 0 Å². The van der Waals surface area contributed by atoms with Gasteiger partial charge in [0, 0.05) is 10.5 Å². The summed E-state index contributed by atoms with van der Waals surface area (Å²) in [5.41, 5.74) is 9.27. The fraction of sp³-hybridized carbons (Fsp3) is 0.405. The van der Waals surface area contributed by atoms with Gasteiger partial charge in [-0.05, 0) is 87.2 Å². The number of benzene rings is 3. The highest BCUT2D eigenvalue weighted by atomic mass is 16.6. The number of nitrogens with one attached hydrogen (secondary N) is 1. The van der Waals surface area contributed by atoms with Gasteiger partial charge in [0.25, 0.3) is 0 Å². The molecule has 1 aliphatic rings. The second kappa shape index (κ2) is 16.8. The molecule has 0 spiro atoms. The largest absolute Gasteiger partial charge is 0.497 e. The van der Waals surface area contributed by atoms with Gasteiger partial charge in [-0.15, -0.1) is 0 Å². The van der Waals surface area contributed by atoms with Gasteiger partial charge >= 0.3 is 11.9 Å². The predicted octanol–water partition coefficient (Wildman–Crippen LogP) is 6.02. The zero-order valence-electron chi connectivity index (χ0n) is 29.7. The third-order valence-electron chi connectivity index (χ3n) is 7.96. The summed E-state index contributed by atoms with van der Waals surface area (Å²) in [4.78, 5) is 46.2. The lowest BCUT2D eigenvalue weighted by atomic mass is 9.92. The molecule has 51 heavy (non-hydrogen) atoms. The molecular weight excluding hydrogens is 658 g/mol. The van der Waals surface area contributed by atoms with Crippen LogP contribution in [0.4, 0.5) is 0 Å². The van der Waals surface area contributed by atoms with Crippen molar-refractivity contribution in [3.05, 3.63) is 99.9 Å². The molecule has 0 aromatic heterocycles. The summed E-state index contributed by atoms with van der Waals surface area (Å²) < 4.78 is 34.7. The molecule has 3 aromatic carbocycles. The predicted molar refractivity (Wildman–Crippen MR) is 187 cm³/mol. The van der Waals surface area contributed by atoms with E-state index < -0.39 is 53.8 Å². The summed E-state index contributed by atoms with van der Waals surface area (Å²) >= 11 is 0. The van der Waals surface area contributed by atoms with E-state index in [1.165, 1.54) is 7.11 Å². The summed E-state index contributed by atoms with van der Waals surface area (Å²) in [6.45, 7) is 8.24. The molecule has 3 aromatic rings. The monoisotopic (exact) mass is 701 g/mol. The molecule has 14 heteroatoms.